The van der Waals surface area contributed by atoms with Crippen LogP contribution in [0.15, 0.2) is 35.5 Å². The van der Waals surface area contributed by atoms with E-state index in [9.17, 15) is 4.79 Å². The molecule has 1 amide bonds. The second-order valence-corrected chi connectivity index (χ2v) is 6.73. The van der Waals surface area contributed by atoms with Gasteiger partial charge in [0.25, 0.3) is 0 Å². The quantitative estimate of drug-likeness (QED) is 0.687. The highest BCUT2D eigenvalue weighted by Gasteiger charge is 2.15. The van der Waals surface area contributed by atoms with Crippen LogP contribution < -0.4 is 0 Å². The summed E-state index contributed by atoms with van der Waals surface area (Å²) < 4.78 is 0. The predicted molar refractivity (Wildman–Crippen MR) is 100 cm³/mol. The standard InChI is InChI=1S/C19H21N5OS/c1-15-17(13-16-7-3-2-4-8-16)23-19(22-15)26-14-18(25)24(11-5-9-20)12-6-10-21/h2-4,7-8H,5-6,11-14H2,1H3,(H,22,23). The van der Waals surface area contributed by atoms with Crippen LogP contribution in [0, 0.1) is 29.6 Å². The first-order chi connectivity index (χ1) is 12.6. The molecule has 0 saturated heterocycles. The molecule has 0 bridgehead atoms. The van der Waals surface area contributed by atoms with E-state index >= 15 is 0 Å². The molecule has 1 heterocycles. The van der Waals surface area contributed by atoms with Crippen LogP contribution in [-0.4, -0.2) is 39.6 Å². The summed E-state index contributed by atoms with van der Waals surface area (Å²) in [5.74, 6) is 0.147. The third-order valence-electron chi connectivity index (χ3n) is 3.85. The molecule has 0 atom stereocenters. The van der Waals surface area contributed by atoms with Crippen molar-refractivity contribution in [2.75, 3.05) is 18.8 Å². The van der Waals surface area contributed by atoms with Gasteiger partial charge in [-0.25, -0.2) is 4.98 Å². The molecular weight excluding hydrogens is 346 g/mol. The molecule has 0 fully saturated rings. The van der Waals surface area contributed by atoms with E-state index in [1.165, 1.54) is 17.3 Å². The Kier molecular flexibility index (Phi) is 7.73. The normalized spacial score (nSPS) is 10.1. The van der Waals surface area contributed by atoms with Crippen LogP contribution in [0.4, 0.5) is 0 Å². The Hall–Kier alpha value is -2.77. The van der Waals surface area contributed by atoms with Gasteiger partial charge in [-0.1, -0.05) is 42.1 Å². The van der Waals surface area contributed by atoms with Gasteiger partial charge in [-0.15, -0.1) is 0 Å². The van der Waals surface area contributed by atoms with Gasteiger partial charge in [-0.3, -0.25) is 4.79 Å². The molecule has 26 heavy (non-hydrogen) atoms. The van der Waals surface area contributed by atoms with E-state index in [0.717, 1.165) is 17.8 Å². The fourth-order valence-electron chi connectivity index (χ4n) is 2.45. The molecule has 0 saturated carbocycles. The van der Waals surface area contributed by atoms with E-state index in [4.69, 9.17) is 10.5 Å². The first-order valence-corrected chi connectivity index (χ1v) is 9.36. The highest BCUT2D eigenvalue weighted by Crippen LogP contribution is 2.19. The van der Waals surface area contributed by atoms with Crippen molar-refractivity contribution in [2.24, 2.45) is 0 Å². The number of hydrogen-bond donors (Lipinski definition) is 1. The summed E-state index contributed by atoms with van der Waals surface area (Å²) in [6.07, 6.45) is 1.28. The second-order valence-electron chi connectivity index (χ2n) is 5.76. The Balaban J connectivity index is 1.94. The van der Waals surface area contributed by atoms with Gasteiger partial charge in [0.1, 0.15) is 0 Å². The molecule has 1 aromatic heterocycles. The number of aromatic nitrogens is 2. The maximum absolute atomic E-state index is 12.4. The van der Waals surface area contributed by atoms with Crippen LogP contribution in [0.25, 0.3) is 0 Å². The number of aryl methyl sites for hydroxylation is 1. The molecule has 1 N–H and O–H groups in total. The van der Waals surface area contributed by atoms with Gasteiger partial charge < -0.3 is 9.88 Å². The topological polar surface area (TPSA) is 96.6 Å². The fraction of sp³-hybridized carbons (Fsp3) is 0.368. The van der Waals surface area contributed by atoms with Gasteiger partial charge in [0.2, 0.25) is 5.91 Å². The summed E-state index contributed by atoms with van der Waals surface area (Å²) >= 11 is 1.35. The molecule has 6 nitrogen and oxygen atoms in total. The van der Waals surface area contributed by atoms with Crippen molar-refractivity contribution in [2.45, 2.75) is 31.3 Å². The number of rotatable bonds is 9. The minimum atomic E-state index is -0.0841. The van der Waals surface area contributed by atoms with Crippen LogP contribution in [0.5, 0.6) is 0 Å². The van der Waals surface area contributed by atoms with Crippen molar-refractivity contribution in [1.29, 1.82) is 10.5 Å². The monoisotopic (exact) mass is 367 g/mol. The van der Waals surface area contributed by atoms with Crippen molar-refractivity contribution in [3.05, 3.63) is 47.3 Å². The summed E-state index contributed by atoms with van der Waals surface area (Å²) in [6.45, 7) is 2.69. The van der Waals surface area contributed by atoms with E-state index in [2.05, 4.69) is 22.1 Å². The number of hydrogen-bond acceptors (Lipinski definition) is 5. The van der Waals surface area contributed by atoms with Crippen LogP contribution in [0.1, 0.15) is 29.8 Å². The molecule has 0 unspecified atom stereocenters. The van der Waals surface area contributed by atoms with Gasteiger partial charge >= 0.3 is 0 Å². The highest BCUT2D eigenvalue weighted by molar-refractivity contribution is 7.99. The molecule has 2 rings (SSSR count). The molecule has 0 radical (unpaired) electrons. The molecular formula is C19H21N5OS. The molecule has 0 aliphatic rings. The van der Waals surface area contributed by atoms with E-state index < -0.39 is 0 Å². The van der Waals surface area contributed by atoms with E-state index in [0.29, 0.717) is 18.2 Å². The highest BCUT2D eigenvalue weighted by atomic mass is 32.2. The number of H-pyrrole nitrogens is 1. The Morgan fingerprint density at radius 3 is 2.46 bits per heavy atom. The maximum atomic E-state index is 12.4. The van der Waals surface area contributed by atoms with E-state index in [1.54, 1.807) is 4.90 Å². The largest absolute Gasteiger partial charge is 0.340 e. The summed E-state index contributed by atoms with van der Waals surface area (Å²) in [7, 11) is 0. The molecule has 7 heteroatoms. The number of benzene rings is 1. The van der Waals surface area contributed by atoms with Crippen molar-refractivity contribution in [3.8, 4) is 12.1 Å². The van der Waals surface area contributed by atoms with Crippen LogP contribution >= 0.6 is 11.8 Å². The molecule has 0 aliphatic carbocycles. The third-order valence-corrected chi connectivity index (χ3v) is 4.71. The zero-order valence-corrected chi connectivity index (χ0v) is 15.6. The smallest absolute Gasteiger partial charge is 0.233 e. The second kappa shape index (κ2) is 10.3. The summed E-state index contributed by atoms with van der Waals surface area (Å²) in [5, 5.41) is 18.1. The lowest BCUT2D eigenvalue weighted by Crippen LogP contribution is -2.34. The van der Waals surface area contributed by atoms with Gasteiger partial charge in [0.05, 0.1) is 36.4 Å². The van der Waals surface area contributed by atoms with Crippen molar-refractivity contribution in [1.82, 2.24) is 14.9 Å². The summed E-state index contributed by atoms with van der Waals surface area (Å²) in [4.78, 5) is 21.7. The number of nitriles is 2. The molecule has 134 valence electrons. The van der Waals surface area contributed by atoms with Gasteiger partial charge in [-0.2, -0.15) is 10.5 Å². The number of nitrogens with one attached hydrogen (secondary N) is 1. The lowest BCUT2D eigenvalue weighted by atomic mass is 10.1. The first kappa shape index (κ1) is 19.6. The van der Waals surface area contributed by atoms with Gasteiger partial charge in [0.15, 0.2) is 5.16 Å². The molecule has 0 spiro atoms. The summed E-state index contributed by atoms with van der Waals surface area (Å²) in [6, 6.07) is 14.2. The van der Waals surface area contributed by atoms with E-state index in [-0.39, 0.29) is 24.5 Å². The molecule has 2 aromatic rings. The summed E-state index contributed by atoms with van der Waals surface area (Å²) in [5.41, 5.74) is 3.15. The SMILES string of the molecule is Cc1[nH]c(SCC(=O)N(CCC#N)CCC#N)nc1Cc1ccccc1. The Morgan fingerprint density at radius 1 is 1.19 bits per heavy atom. The fourth-order valence-corrected chi connectivity index (χ4v) is 3.29. The minimum Gasteiger partial charge on any atom is -0.340 e. The number of thioether (sulfide) groups is 1. The van der Waals surface area contributed by atoms with Crippen molar-refractivity contribution >= 4 is 17.7 Å². The number of imidazole rings is 1. The van der Waals surface area contributed by atoms with Crippen LogP contribution in [0.3, 0.4) is 0 Å². The lowest BCUT2D eigenvalue weighted by molar-refractivity contribution is -0.128. The number of carbonyl (C=O) groups is 1. The van der Waals surface area contributed by atoms with Gasteiger partial charge in [-0.05, 0) is 12.5 Å². The zero-order valence-electron chi connectivity index (χ0n) is 14.7. The predicted octanol–water partition coefficient (Wildman–Crippen LogP) is 3.06. The molecule has 0 aliphatic heterocycles. The van der Waals surface area contributed by atoms with Crippen LogP contribution in [-0.2, 0) is 11.2 Å². The molecule has 1 aromatic carbocycles. The van der Waals surface area contributed by atoms with Crippen molar-refractivity contribution in [3.63, 3.8) is 0 Å². The number of aromatic amines is 1. The number of carbonyl (C=O) groups excluding carboxylic acids is 1. The minimum absolute atomic E-state index is 0.0841. The third kappa shape index (κ3) is 5.94. The average molecular weight is 367 g/mol. The maximum Gasteiger partial charge on any atom is 0.233 e. The Bertz CT molecular complexity index is 786. The number of amides is 1. The van der Waals surface area contributed by atoms with E-state index in [1.807, 2.05) is 37.3 Å². The lowest BCUT2D eigenvalue weighted by Gasteiger charge is -2.19. The Morgan fingerprint density at radius 2 is 1.85 bits per heavy atom. The van der Waals surface area contributed by atoms with Crippen molar-refractivity contribution < 1.29 is 4.79 Å². The average Bonchev–Trinajstić information content (AvgIpc) is 3.00. The zero-order chi connectivity index (χ0) is 18.8. The number of nitrogens with zero attached hydrogens (tertiary/aromatic N) is 4. The van der Waals surface area contributed by atoms with Crippen LogP contribution in [0.2, 0.25) is 0 Å². The van der Waals surface area contributed by atoms with Gasteiger partial charge in [0, 0.05) is 25.2 Å². The Labute approximate surface area is 157 Å². The first-order valence-electron chi connectivity index (χ1n) is 8.38.